The van der Waals surface area contributed by atoms with Crippen molar-refractivity contribution in [2.75, 3.05) is 18.0 Å². The van der Waals surface area contributed by atoms with Crippen LogP contribution in [0.3, 0.4) is 0 Å². The molecule has 3 aromatic heterocycles. The Bertz CT molecular complexity index is 1020. The topological polar surface area (TPSA) is 76.8 Å². The maximum Gasteiger partial charge on any atom is 0.253 e. The van der Waals surface area contributed by atoms with Crippen molar-refractivity contribution < 1.29 is 0 Å². The van der Waals surface area contributed by atoms with Gasteiger partial charge in [0, 0.05) is 44.0 Å². The van der Waals surface area contributed by atoms with Crippen molar-refractivity contribution in [2.45, 2.75) is 38.1 Å². The zero-order valence-corrected chi connectivity index (χ0v) is 15.2. The third-order valence-electron chi connectivity index (χ3n) is 5.61. The highest BCUT2D eigenvalue weighted by atomic mass is 16.1. The fourth-order valence-electron chi connectivity index (χ4n) is 3.82. The molecule has 1 aliphatic heterocycles. The number of aromatic nitrogens is 5. The fraction of sp³-hybridized carbons (Fsp3) is 0.450. The molecule has 0 bridgehead atoms. The minimum Gasteiger partial charge on any atom is -0.357 e. The largest absolute Gasteiger partial charge is 0.357 e. The summed E-state index contributed by atoms with van der Waals surface area (Å²) in [7, 11) is 0. The number of piperidine rings is 1. The summed E-state index contributed by atoms with van der Waals surface area (Å²) in [6.45, 7) is 2.62. The van der Waals surface area contributed by atoms with Crippen molar-refractivity contribution >= 4 is 17.0 Å². The van der Waals surface area contributed by atoms with Gasteiger partial charge in [-0.3, -0.25) is 14.3 Å². The van der Waals surface area contributed by atoms with Crippen molar-refractivity contribution in [3.05, 3.63) is 53.0 Å². The molecule has 1 saturated heterocycles. The molecule has 1 saturated carbocycles. The molecule has 1 aliphatic carbocycles. The van der Waals surface area contributed by atoms with Gasteiger partial charge in [0.2, 0.25) is 0 Å². The Kier molecular flexibility index (Phi) is 4.07. The lowest BCUT2D eigenvalue weighted by Crippen LogP contribution is -2.36. The van der Waals surface area contributed by atoms with Gasteiger partial charge < -0.3 is 4.90 Å². The summed E-state index contributed by atoms with van der Waals surface area (Å²) >= 11 is 0. The van der Waals surface area contributed by atoms with E-state index < -0.39 is 0 Å². The van der Waals surface area contributed by atoms with E-state index in [0.717, 1.165) is 49.5 Å². The van der Waals surface area contributed by atoms with Crippen LogP contribution in [-0.2, 0) is 6.54 Å². The standard InChI is InChI=1S/C20H22N6O/c27-19-11-17(15-1-2-15)23-13-26(19)12-14-5-9-25(10-6-14)18-4-3-16-20(24-18)22-8-7-21-16/h3-4,7-8,11,13-15H,1-2,5-6,9-10,12H2. The van der Waals surface area contributed by atoms with E-state index in [4.69, 9.17) is 0 Å². The molecule has 27 heavy (non-hydrogen) atoms. The molecule has 0 aromatic carbocycles. The van der Waals surface area contributed by atoms with Gasteiger partial charge in [-0.1, -0.05) is 0 Å². The Balaban J connectivity index is 1.24. The predicted molar refractivity (Wildman–Crippen MR) is 103 cm³/mol. The smallest absolute Gasteiger partial charge is 0.253 e. The first-order valence-electron chi connectivity index (χ1n) is 9.65. The third kappa shape index (κ3) is 3.41. The quantitative estimate of drug-likeness (QED) is 0.709. The van der Waals surface area contributed by atoms with Gasteiger partial charge in [0.25, 0.3) is 5.56 Å². The van der Waals surface area contributed by atoms with Gasteiger partial charge in [-0.15, -0.1) is 0 Å². The first-order valence-corrected chi connectivity index (χ1v) is 9.65. The summed E-state index contributed by atoms with van der Waals surface area (Å²) in [5, 5.41) is 0. The highest BCUT2D eigenvalue weighted by molar-refractivity contribution is 5.71. The second kappa shape index (κ2) is 6.72. The molecule has 5 rings (SSSR count). The minimum atomic E-state index is 0.0871. The Morgan fingerprint density at radius 2 is 1.81 bits per heavy atom. The minimum absolute atomic E-state index is 0.0871. The summed E-state index contributed by atoms with van der Waals surface area (Å²) in [4.78, 5) is 32.3. The normalized spacial score (nSPS) is 18.1. The molecule has 4 heterocycles. The van der Waals surface area contributed by atoms with Crippen LogP contribution in [-0.4, -0.2) is 37.6 Å². The van der Waals surface area contributed by atoms with Gasteiger partial charge in [-0.05, 0) is 43.7 Å². The zero-order chi connectivity index (χ0) is 18.2. The number of hydrogen-bond acceptors (Lipinski definition) is 6. The van der Waals surface area contributed by atoms with Crippen LogP contribution < -0.4 is 10.5 Å². The van der Waals surface area contributed by atoms with Gasteiger partial charge in [0.1, 0.15) is 11.3 Å². The first kappa shape index (κ1) is 16.4. The number of pyridine rings is 1. The van der Waals surface area contributed by atoms with Crippen LogP contribution in [0, 0.1) is 5.92 Å². The van der Waals surface area contributed by atoms with E-state index in [0.29, 0.717) is 17.5 Å². The van der Waals surface area contributed by atoms with E-state index in [1.807, 2.05) is 12.1 Å². The number of fused-ring (bicyclic) bond motifs is 1. The second-order valence-electron chi connectivity index (χ2n) is 7.58. The van der Waals surface area contributed by atoms with E-state index in [1.54, 1.807) is 29.4 Å². The van der Waals surface area contributed by atoms with Crippen molar-refractivity contribution in [1.29, 1.82) is 0 Å². The molecule has 138 valence electrons. The Hall–Kier alpha value is -2.83. The predicted octanol–water partition coefficient (Wildman–Crippen LogP) is 2.38. The molecule has 0 N–H and O–H groups in total. The van der Waals surface area contributed by atoms with Gasteiger partial charge in [-0.2, -0.15) is 0 Å². The van der Waals surface area contributed by atoms with E-state index in [-0.39, 0.29) is 5.56 Å². The van der Waals surface area contributed by atoms with E-state index >= 15 is 0 Å². The Labute approximate surface area is 157 Å². The van der Waals surface area contributed by atoms with E-state index in [2.05, 4.69) is 24.8 Å². The average molecular weight is 362 g/mol. The van der Waals surface area contributed by atoms with Gasteiger partial charge in [-0.25, -0.2) is 15.0 Å². The molecule has 0 radical (unpaired) electrons. The number of anilines is 1. The van der Waals surface area contributed by atoms with Crippen LogP contribution in [0.15, 0.2) is 41.7 Å². The van der Waals surface area contributed by atoms with Crippen molar-refractivity contribution in [2.24, 2.45) is 5.92 Å². The molecule has 0 unspecified atom stereocenters. The summed E-state index contributed by atoms with van der Waals surface area (Å²) in [5.74, 6) is 1.97. The second-order valence-corrected chi connectivity index (χ2v) is 7.58. The molecule has 0 spiro atoms. The third-order valence-corrected chi connectivity index (χ3v) is 5.61. The van der Waals surface area contributed by atoms with Crippen LogP contribution in [0.4, 0.5) is 5.82 Å². The van der Waals surface area contributed by atoms with Gasteiger partial charge in [0.15, 0.2) is 5.65 Å². The molecule has 7 heteroatoms. The van der Waals surface area contributed by atoms with Crippen molar-refractivity contribution in [3.8, 4) is 0 Å². The molecular formula is C20H22N6O. The highest BCUT2D eigenvalue weighted by Crippen LogP contribution is 2.38. The van der Waals surface area contributed by atoms with Gasteiger partial charge in [0.05, 0.1) is 12.0 Å². The van der Waals surface area contributed by atoms with Gasteiger partial charge >= 0.3 is 0 Å². The van der Waals surface area contributed by atoms with Crippen LogP contribution in [0.2, 0.25) is 0 Å². The number of hydrogen-bond donors (Lipinski definition) is 0. The first-order chi connectivity index (χ1) is 13.3. The van der Waals surface area contributed by atoms with E-state index in [1.165, 1.54) is 12.8 Å². The van der Waals surface area contributed by atoms with Crippen LogP contribution in [0.5, 0.6) is 0 Å². The SMILES string of the molecule is O=c1cc(C2CC2)ncn1CC1CCN(c2ccc3nccnc3n2)CC1. The highest BCUT2D eigenvalue weighted by Gasteiger charge is 2.26. The zero-order valence-electron chi connectivity index (χ0n) is 15.2. The lowest BCUT2D eigenvalue weighted by atomic mass is 9.96. The van der Waals surface area contributed by atoms with E-state index in [9.17, 15) is 4.79 Å². The van der Waals surface area contributed by atoms with Crippen LogP contribution >= 0.6 is 0 Å². The van der Waals surface area contributed by atoms with Crippen LogP contribution in [0.25, 0.3) is 11.2 Å². The fourth-order valence-corrected chi connectivity index (χ4v) is 3.82. The summed E-state index contributed by atoms with van der Waals surface area (Å²) < 4.78 is 1.77. The maximum absolute atomic E-state index is 12.3. The molecule has 7 nitrogen and oxygen atoms in total. The van der Waals surface area contributed by atoms with Crippen LogP contribution in [0.1, 0.15) is 37.3 Å². The summed E-state index contributed by atoms with van der Waals surface area (Å²) in [6.07, 6.45) is 9.52. The number of nitrogens with zero attached hydrogens (tertiary/aromatic N) is 6. The Morgan fingerprint density at radius 1 is 1.00 bits per heavy atom. The average Bonchev–Trinajstić information content (AvgIpc) is 3.55. The monoisotopic (exact) mass is 362 g/mol. The van der Waals surface area contributed by atoms with Crippen molar-refractivity contribution in [3.63, 3.8) is 0 Å². The summed E-state index contributed by atoms with van der Waals surface area (Å²) in [5.41, 5.74) is 2.56. The molecule has 2 fully saturated rings. The summed E-state index contributed by atoms with van der Waals surface area (Å²) in [6, 6.07) is 5.72. The molecule has 0 amide bonds. The Morgan fingerprint density at radius 3 is 2.59 bits per heavy atom. The molecule has 2 aliphatic rings. The molecular weight excluding hydrogens is 340 g/mol. The number of rotatable bonds is 4. The van der Waals surface area contributed by atoms with Crippen molar-refractivity contribution in [1.82, 2.24) is 24.5 Å². The lowest BCUT2D eigenvalue weighted by molar-refractivity contribution is 0.350. The molecule has 0 atom stereocenters. The lowest BCUT2D eigenvalue weighted by Gasteiger charge is -2.33. The molecule has 3 aromatic rings. The maximum atomic E-state index is 12.3.